The van der Waals surface area contributed by atoms with E-state index < -0.39 is 5.54 Å². The average Bonchev–Trinajstić information content (AvgIpc) is 3.38. The largest absolute Gasteiger partial charge is 0.469 e. The predicted molar refractivity (Wildman–Crippen MR) is 109 cm³/mol. The molecule has 0 radical (unpaired) electrons. The van der Waals surface area contributed by atoms with Crippen LogP contribution in [0.3, 0.4) is 0 Å². The van der Waals surface area contributed by atoms with Crippen molar-refractivity contribution in [2.45, 2.75) is 18.4 Å². The fraction of sp³-hybridized carbons (Fsp3) is 0.182. The quantitative estimate of drug-likeness (QED) is 0.600. The number of para-hydroxylation sites is 1. The Balaban J connectivity index is 1.86. The van der Waals surface area contributed by atoms with E-state index in [9.17, 15) is 4.79 Å². The van der Waals surface area contributed by atoms with E-state index in [2.05, 4.69) is 23.6 Å². The Labute approximate surface area is 162 Å². The lowest BCUT2D eigenvalue weighted by Gasteiger charge is -2.36. The van der Waals surface area contributed by atoms with E-state index in [1.807, 2.05) is 58.9 Å². The Kier molecular flexibility index (Phi) is 4.77. The van der Waals surface area contributed by atoms with Crippen molar-refractivity contribution in [2.75, 3.05) is 12.1 Å². The minimum Gasteiger partial charge on any atom is -0.469 e. The second kappa shape index (κ2) is 7.37. The number of methoxy groups -OCH3 is 1. The molecule has 0 saturated heterocycles. The van der Waals surface area contributed by atoms with Gasteiger partial charge in [-0.05, 0) is 40.1 Å². The van der Waals surface area contributed by atoms with Gasteiger partial charge in [-0.25, -0.2) is 0 Å². The molecule has 5 heteroatoms. The molecule has 4 rings (SSSR count). The highest BCUT2D eigenvalue weighted by Crippen LogP contribution is 2.45. The summed E-state index contributed by atoms with van der Waals surface area (Å²) in [4.78, 5) is 12.4. The minimum atomic E-state index is -0.598. The van der Waals surface area contributed by atoms with Gasteiger partial charge < -0.3 is 4.74 Å². The highest BCUT2D eigenvalue weighted by molar-refractivity contribution is 7.08. The number of hydrogen-bond acceptors (Lipinski definition) is 5. The van der Waals surface area contributed by atoms with Crippen molar-refractivity contribution in [1.82, 2.24) is 0 Å². The number of anilines is 1. The van der Waals surface area contributed by atoms with E-state index in [0.717, 1.165) is 22.5 Å². The number of thiophene rings is 1. The highest BCUT2D eigenvalue weighted by atomic mass is 32.1. The van der Waals surface area contributed by atoms with Gasteiger partial charge in [-0.3, -0.25) is 9.80 Å². The molecule has 0 bridgehead atoms. The summed E-state index contributed by atoms with van der Waals surface area (Å²) >= 11 is 1.62. The number of carbonyl (C=O) groups is 1. The maximum absolute atomic E-state index is 12.4. The average molecular weight is 376 g/mol. The summed E-state index contributed by atoms with van der Waals surface area (Å²) in [6.45, 7) is 0. The third kappa shape index (κ3) is 3.26. The molecule has 1 aliphatic heterocycles. The zero-order valence-electron chi connectivity index (χ0n) is 15.0. The first-order valence-corrected chi connectivity index (χ1v) is 9.75. The van der Waals surface area contributed by atoms with E-state index in [0.29, 0.717) is 6.42 Å². The van der Waals surface area contributed by atoms with Gasteiger partial charge in [-0.15, -0.1) is 0 Å². The Hall–Kier alpha value is -2.92. The Morgan fingerprint density at radius 3 is 2.44 bits per heavy atom. The summed E-state index contributed by atoms with van der Waals surface area (Å²) < 4.78 is 5.05. The van der Waals surface area contributed by atoms with Gasteiger partial charge in [0, 0.05) is 6.42 Å². The molecular formula is C22H20N2O2S. The second-order valence-electron chi connectivity index (χ2n) is 6.53. The molecule has 0 fully saturated rings. The zero-order chi connectivity index (χ0) is 18.7. The van der Waals surface area contributed by atoms with Crippen LogP contribution in [0, 0.1) is 0 Å². The van der Waals surface area contributed by atoms with Gasteiger partial charge >= 0.3 is 5.97 Å². The van der Waals surface area contributed by atoms with Crippen molar-refractivity contribution >= 4 is 28.7 Å². The molecule has 27 heavy (non-hydrogen) atoms. The third-order valence-corrected chi connectivity index (χ3v) is 5.60. The van der Waals surface area contributed by atoms with E-state index in [4.69, 9.17) is 9.84 Å². The lowest BCUT2D eigenvalue weighted by atomic mass is 9.82. The van der Waals surface area contributed by atoms with Crippen molar-refractivity contribution in [3.63, 3.8) is 0 Å². The minimum absolute atomic E-state index is 0.231. The highest BCUT2D eigenvalue weighted by Gasteiger charge is 2.47. The molecule has 0 aliphatic carbocycles. The van der Waals surface area contributed by atoms with Crippen LogP contribution < -0.4 is 5.01 Å². The molecule has 136 valence electrons. The number of esters is 1. The summed E-state index contributed by atoms with van der Waals surface area (Å²) in [5, 5.41) is 11.1. The summed E-state index contributed by atoms with van der Waals surface area (Å²) in [7, 11) is 1.43. The first-order chi connectivity index (χ1) is 13.2. The predicted octanol–water partition coefficient (Wildman–Crippen LogP) is 4.82. The van der Waals surface area contributed by atoms with Crippen LogP contribution in [0.4, 0.5) is 5.69 Å². The normalized spacial score (nSPS) is 19.0. The molecule has 2 heterocycles. The van der Waals surface area contributed by atoms with Gasteiger partial charge in [0.15, 0.2) is 0 Å². The summed E-state index contributed by atoms with van der Waals surface area (Å²) in [5.41, 5.74) is 3.48. The molecule has 0 N–H and O–H groups in total. The van der Waals surface area contributed by atoms with Crippen molar-refractivity contribution < 1.29 is 9.53 Å². The van der Waals surface area contributed by atoms with Crippen LogP contribution >= 0.6 is 11.3 Å². The summed E-state index contributed by atoms with van der Waals surface area (Å²) in [5.74, 6) is -0.244. The van der Waals surface area contributed by atoms with Gasteiger partial charge in [-0.2, -0.15) is 16.4 Å². The molecule has 1 aliphatic rings. The van der Waals surface area contributed by atoms with Crippen molar-refractivity contribution in [2.24, 2.45) is 5.10 Å². The maximum atomic E-state index is 12.4. The Bertz CT molecular complexity index is 939. The monoisotopic (exact) mass is 376 g/mol. The lowest BCUT2D eigenvalue weighted by Crippen LogP contribution is -2.42. The number of rotatable bonds is 5. The molecular weight excluding hydrogens is 356 g/mol. The number of hydrazone groups is 1. The fourth-order valence-corrected chi connectivity index (χ4v) is 4.32. The van der Waals surface area contributed by atoms with Gasteiger partial charge in [0.2, 0.25) is 0 Å². The number of carbonyl (C=O) groups excluding carboxylic acids is 1. The van der Waals surface area contributed by atoms with Gasteiger partial charge in [0.25, 0.3) is 0 Å². The number of nitrogens with zero attached hydrogens (tertiary/aromatic N) is 2. The summed E-state index contributed by atoms with van der Waals surface area (Å²) in [6, 6.07) is 22.2. The molecule has 4 nitrogen and oxygen atoms in total. The van der Waals surface area contributed by atoms with Crippen LogP contribution in [0.2, 0.25) is 0 Å². The van der Waals surface area contributed by atoms with E-state index in [1.54, 1.807) is 11.3 Å². The van der Waals surface area contributed by atoms with Crippen LogP contribution in [0.1, 0.15) is 24.0 Å². The number of benzene rings is 2. The van der Waals surface area contributed by atoms with Crippen LogP contribution in [-0.4, -0.2) is 18.8 Å². The SMILES string of the molecule is COC(=O)CC1(c2ccsc2)CC(c2ccccc2)=NN1c1ccccc1. The van der Waals surface area contributed by atoms with Crippen LogP contribution in [0.15, 0.2) is 82.6 Å². The maximum Gasteiger partial charge on any atom is 0.308 e. The Morgan fingerprint density at radius 2 is 1.81 bits per heavy atom. The Morgan fingerprint density at radius 1 is 1.11 bits per heavy atom. The zero-order valence-corrected chi connectivity index (χ0v) is 15.9. The lowest BCUT2D eigenvalue weighted by molar-refractivity contribution is -0.142. The first kappa shape index (κ1) is 17.5. The van der Waals surface area contributed by atoms with E-state index in [1.165, 1.54) is 7.11 Å². The fourth-order valence-electron chi connectivity index (χ4n) is 3.57. The topological polar surface area (TPSA) is 41.9 Å². The summed E-state index contributed by atoms with van der Waals surface area (Å²) in [6.07, 6.45) is 0.868. The number of hydrogen-bond donors (Lipinski definition) is 0. The van der Waals surface area contributed by atoms with Crippen LogP contribution in [-0.2, 0) is 15.1 Å². The molecule has 0 amide bonds. The van der Waals surface area contributed by atoms with Crippen molar-refractivity contribution in [3.05, 3.63) is 88.6 Å². The molecule has 0 spiro atoms. The molecule has 3 aromatic rings. The van der Waals surface area contributed by atoms with Crippen LogP contribution in [0.25, 0.3) is 0 Å². The van der Waals surface area contributed by atoms with Gasteiger partial charge in [-0.1, -0.05) is 48.5 Å². The molecule has 2 aromatic carbocycles. The van der Waals surface area contributed by atoms with Crippen LogP contribution in [0.5, 0.6) is 0 Å². The molecule has 1 atom stereocenters. The number of ether oxygens (including phenoxy) is 1. The smallest absolute Gasteiger partial charge is 0.308 e. The molecule has 0 saturated carbocycles. The third-order valence-electron chi connectivity index (χ3n) is 4.92. The van der Waals surface area contributed by atoms with Gasteiger partial charge in [0.1, 0.15) is 5.54 Å². The molecule has 1 unspecified atom stereocenters. The van der Waals surface area contributed by atoms with Gasteiger partial charge in [0.05, 0.1) is 24.9 Å². The first-order valence-electron chi connectivity index (χ1n) is 8.80. The standard InChI is InChI=1S/C22H20N2O2S/c1-26-21(25)15-22(18-12-13-27-16-18)14-20(17-8-4-2-5-9-17)23-24(22)19-10-6-3-7-11-19/h2-13,16H,14-15H2,1H3. The van der Waals surface area contributed by atoms with E-state index >= 15 is 0 Å². The molecule has 1 aromatic heterocycles. The van der Waals surface area contributed by atoms with Crippen molar-refractivity contribution in [1.29, 1.82) is 0 Å². The van der Waals surface area contributed by atoms with Crippen molar-refractivity contribution in [3.8, 4) is 0 Å². The second-order valence-corrected chi connectivity index (χ2v) is 7.31. The van der Waals surface area contributed by atoms with E-state index in [-0.39, 0.29) is 12.4 Å².